The lowest BCUT2D eigenvalue weighted by Gasteiger charge is -2.12. The number of nitrogens with one attached hydrogen (secondary N) is 3. The number of urea groups is 1. The Labute approximate surface area is 140 Å². The molecule has 0 heterocycles. The van der Waals surface area contributed by atoms with Crippen molar-refractivity contribution in [2.75, 3.05) is 24.3 Å². The molecular weight excluding hydrogens is 306 g/mol. The Balaban J connectivity index is 2.08. The standard InChI is InChI=1S/C18H19N3O3/c1-3-11-19-17(22)15-9-4-5-10-16(15)21-18(23)20-13-7-6-8-14(12-13)24-2/h3-10,12H,1,11H2,2H3,(H,19,22)(H2,20,21,23). The molecule has 2 aromatic rings. The maximum atomic E-state index is 12.2. The molecule has 0 aliphatic rings. The average molecular weight is 325 g/mol. The number of anilines is 2. The number of para-hydroxylation sites is 1. The van der Waals surface area contributed by atoms with Crippen LogP contribution in [0, 0.1) is 0 Å². The summed E-state index contributed by atoms with van der Waals surface area (Å²) in [6, 6.07) is 13.3. The second-order valence-electron chi connectivity index (χ2n) is 4.86. The van der Waals surface area contributed by atoms with Gasteiger partial charge in [-0.05, 0) is 24.3 Å². The molecule has 0 unspecified atom stereocenters. The second-order valence-corrected chi connectivity index (χ2v) is 4.86. The van der Waals surface area contributed by atoms with E-state index >= 15 is 0 Å². The molecule has 2 aromatic carbocycles. The van der Waals surface area contributed by atoms with Gasteiger partial charge in [-0.15, -0.1) is 6.58 Å². The summed E-state index contributed by atoms with van der Waals surface area (Å²) in [5, 5.41) is 8.05. The van der Waals surface area contributed by atoms with Crippen molar-refractivity contribution in [2.45, 2.75) is 0 Å². The van der Waals surface area contributed by atoms with Crippen molar-refractivity contribution in [3.63, 3.8) is 0 Å². The molecule has 0 spiro atoms. The number of benzene rings is 2. The van der Waals surface area contributed by atoms with Crippen LogP contribution in [0.2, 0.25) is 0 Å². The summed E-state index contributed by atoms with van der Waals surface area (Å²) in [6.07, 6.45) is 1.59. The quantitative estimate of drug-likeness (QED) is 0.713. The fourth-order valence-electron chi connectivity index (χ4n) is 2.04. The van der Waals surface area contributed by atoms with Crippen LogP contribution < -0.4 is 20.7 Å². The molecule has 0 atom stereocenters. The zero-order valence-electron chi connectivity index (χ0n) is 13.3. The van der Waals surface area contributed by atoms with Gasteiger partial charge in [-0.2, -0.15) is 0 Å². The van der Waals surface area contributed by atoms with Gasteiger partial charge < -0.3 is 20.7 Å². The Bertz CT molecular complexity index is 744. The van der Waals surface area contributed by atoms with Gasteiger partial charge in [-0.3, -0.25) is 4.79 Å². The van der Waals surface area contributed by atoms with E-state index in [9.17, 15) is 9.59 Å². The summed E-state index contributed by atoms with van der Waals surface area (Å²) >= 11 is 0. The van der Waals surface area contributed by atoms with Crippen LogP contribution in [0.25, 0.3) is 0 Å². The fourth-order valence-corrected chi connectivity index (χ4v) is 2.04. The lowest BCUT2D eigenvalue weighted by atomic mass is 10.1. The third-order valence-electron chi connectivity index (χ3n) is 3.15. The molecule has 124 valence electrons. The number of carbonyl (C=O) groups excluding carboxylic acids is 2. The van der Waals surface area contributed by atoms with Crippen molar-refractivity contribution in [3.05, 3.63) is 66.7 Å². The molecule has 2 rings (SSSR count). The summed E-state index contributed by atoms with van der Waals surface area (Å²) in [4.78, 5) is 24.3. The monoisotopic (exact) mass is 325 g/mol. The zero-order valence-corrected chi connectivity index (χ0v) is 13.3. The highest BCUT2D eigenvalue weighted by atomic mass is 16.5. The minimum atomic E-state index is -0.452. The molecule has 6 nitrogen and oxygen atoms in total. The van der Waals surface area contributed by atoms with Gasteiger partial charge in [0.25, 0.3) is 5.91 Å². The molecule has 0 radical (unpaired) electrons. The molecule has 24 heavy (non-hydrogen) atoms. The third kappa shape index (κ3) is 4.61. The smallest absolute Gasteiger partial charge is 0.323 e. The maximum Gasteiger partial charge on any atom is 0.323 e. The van der Waals surface area contributed by atoms with E-state index in [-0.39, 0.29) is 5.91 Å². The highest BCUT2D eigenvalue weighted by Gasteiger charge is 2.12. The van der Waals surface area contributed by atoms with E-state index in [1.807, 2.05) is 0 Å². The van der Waals surface area contributed by atoms with E-state index in [1.54, 1.807) is 61.7 Å². The molecule has 3 N–H and O–H groups in total. The van der Waals surface area contributed by atoms with E-state index in [4.69, 9.17) is 4.74 Å². The first kappa shape index (κ1) is 17.1. The molecular formula is C18H19N3O3. The molecule has 0 aliphatic heterocycles. The van der Waals surface area contributed by atoms with Crippen LogP contribution in [0.15, 0.2) is 61.2 Å². The van der Waals surface area contributed by atoms with Gasteiger partial charge in [-0.1, -0.05) is 24.3 Å². The molecule has 0 aliphatic carbocycles. The van der Waals surface area contributed by atoms with Crippen LogP contribution in [0.3, 0.4) is 0 Å². The molecule has 0 bridgehead atoms. The van der Waals surface area contributed by atoms with Crippen LogP contribution in [0.4, 0.5) is 16.2 Å². The van der Waals surface area contributed by atoms with Gasteiger partial charge in [0, 0.05) is 18.3 Å². The highest BCUT2D eigenvalue weighted by molar-refractivity contribution is 6.06. The largest absolute Gasteiger partial charge is 0.497 e. The number of rotatable bonds is 6. The number of amides is 3. The van der Waals surface area contributed by atoms with Gasteiger partial charge >= 0.3 is 6.03 Å². The van der Waals surface area contributed by atoms with Crippen molar-refractivity contribution in [3.8, 4) is 5.75 Å². The lowest BCUT2D eigenvalue weighted by molar-refractivity contribution is 0.0959. The Morgan fingerprint density at radius 2 is 1.92 bits per heavy atom. The SMILES string of the molecule is C=CCNC(=O)c1ccccc1NC(=O)Nc1cccc(OC)c1. The summed E-state index contributed by atoms with van der Waals surface area (Å²) in [5.41, 5.74) is 1.38. The van der Waals surface area contributed by atoms with Gasteiger partial charge in [0.05, 0.1) is 18.4 Å². The Morgan fingerprint density at radius 1 is 1.12 bits per heavy atom. The Morgan fingerprint density at radius 3 is 2.67 bits per heavy atom. The number of hydrogen-bond donors (Lipinski definition) is 3. The van der Waals surface area contributed by atoms with E-state index < -0.39 is 6.03 Å². The lowest BCUT2D eigenvalue weighted by Crippen LogP contribution is -2.26. The predicted molar refractivity (Wildman–Crippen MR) is 94.6 cm³/mol. The number of hydrogen-bond acceptors (Lipinski definition) is 3. The van der Waals surface area contributed by atoms with E-state index in [1.165, 1.54) is 0 Å². The van der Waals surface area contributed by atoms with Crippen LogP contribution in [-0.2, 0) is 0 Å². The average Bonchev–Trinajstić information content (AvgIpc) is 2.60. The van der Waals surface area contributed by atoms with Crippen molar-refractivity contribution >= 4 is 23.3 Å². The summed E-state index contributed by atoms with van der Waals surface area (Å²) in [7, 11) is 1.55. The first-order chi connectivity index (χ1) is 11.6. The van der Waals surface area contributed by atoms with Crippen molar-refractivity contribution in [1.29, 1.82) is 0 Å². The minimum Gasteiger partial charge on any atom is -0.497 e. The maximum absolute atomic E-state index is 12.2. The number of ether oxygens (including phenoxy) is 1. The highest BCUT2D eigenvalue weighted by Crippen LogP contribution is 2.18. The molecule has 0 aromatic heterocycles. The van der Waals surface area contributed by atoms with Crippen LogP contribution in [-0.4, -0.2) is 25.6 Å². The molecule has 0 fully saturated rings. The van der Waals surface area contributed by atoms with E-state index in [2.05, 4.69) is 22.5 Å². The first-order valence-corrected chi connectivity index (χ1v) is 7.34. The van der Waals surface area contributed by atoms with Crippen LogP contribution in [0.1, 0.15) is 10.4 Å². The van der Waals surface area contributed by atoms with Crippen molar-refractivity contribution in [1.82, 2.24) is 5.32 Å². The van der Waals surface area contributed by atoms with Gasteiger partial charge in [-0.25, -0.2) is 4.79 Å². The fraction of sp³-hybridized carbons (Fsp3) is 0.111. The first-order valence-electron chi connectivity index (χ1n) is 7.34. The molecule has 3 amide bonds. The molecule has 0 saturated carbocycles. The van der Waals surface area contributed by atoms with E-state index in [0.29, 0.717) is 29.2 Å². The van der Waals surface area contributed by atoms with Gasteiger partial charge in [0.2, 0.25) is 0 Å². The van der Waals surface area contributed by atoms with E-state index in [0.717, 1.165) is 0 Å². The van der Waals surface area contributed by atoms with Crippen molar-refractivity contribution in [2.24, 2.45) is 0 Å². The molecule has 6 heteroatoms. The zero-order chi connectivity index (χ0) is 17.4. The normalized spacial score (nSPS) is 9.71. The molecule has 0 saturated heterocycles. The summed E-state index contributed by atoms with van der Waals surface area (Å²) < 4.78 is 5.11. The minimum absolute atomic E-state index is 0.285. The summed E-state index contributed by atoms with van der Waals surface area (Å²) in [5.74, 6) is 0.351. The van der Waals surface area contributed by atoms with Crippen LogP contribution >= 0.6 is 0 Å². The van der Waals surface area contributed by atoms with Crippen LogP contribution in [0.5, 0.6) is 5.75 Å². The topological polar surface area (TPSA) is 79.5 Å². The van der Waals surface area contributed by atoms with Gasteiger partial charge in [0.1, 0.15) is 5.75 Å². The summed E-state index contributed by atoms with van der Waals surface area (Å²) in [6.45, 7) is 3.90. The Kier molecular flexibility index (Phi) is 5.96. The second kappa shape index (κ2) is 8.38. The van der Waals surface area contributed by atoms with Gasteiger partial charge in [0.15, 0.2) is 0 Å². The Hall–Kier alpha value is -3.28. The number of methoxy groups -OCH3 is 1. The number of carbonyl (C=O) groups is 2. The third-order valence-corrected chi connectivity index (χ3v) is 3.15. The van der Waals surface area contributed by atoms with Crippen molar-refractivity contribution < 1.29 is 14.3 Å². The predicted octanol–water partition coefficient (Wildman–Crippen LogP) is 3.26.